The second kappa shape index (κ2) is 5.07. The highest BCUT2D eigenvalue weighted by atomic mass is 16.5. The number of rotatable bonds is 3. The van der Waals surface area contributed by atoms with Gasteiger partial charge in [0.15, 0.2) is 6.10 Å². The monoisotopic (exact) mass is 216 g/mol. The zero-order valence-corrected chi connectivity index (χ0v) is 10.6. The summed E-state index contributed by atoms with van der Waals surface area (Å²) in [6.45, 7) is 8.55. The average Bonchev–Trinajstić information content (AvgIpc) is 2.25. The Labute approximate surface area is 98.8 Å². The Kier molecular flexibility index (Phi) is 4.01. The molecule has 0 radical (unpaired) electrons. The van der Waals surface area contributed by atoms with E-state index in [4.69, 9.17) is 11.2 Å². The van der Waals surface area contributed by atoms with Gasteiger partial charge in [0.2, 0.25) is 0 Å². The summed E-state index contributed by atoms with van der Waals surface area (Å²) in [6, 6.07) is 8.09. The summed E-state index contributed by atoms with van der Waals surface area (Å²) in [6.07, 6.45) is 6.11. The van der Waals surface area contributed by atoms with Crippen LogP contribution in [0.4, 0.5) is 0 Å². The Balaban J connectivity index is 3.01. The molecule has 0 spiro atoms. The second-order valence-electron chi connectivity index (χ2n) is 4.93. The topological polar surface area (TPSA) is 9.23 Å². The van der Waals surface area contributed by atoms with E-state index in [9.17, 15) is 0 Å². The van der Waals surface area contributed by atoms with Crippen LogP contribution in [0.25, 0.3) is 0 Å². The summed E-state index contributed by atoms with van der Waals surface area (Å²) in [7, 11) is 0. The molecule has 1 rings (SSSR count). The zero-order chi connectivity index (χ0) is 12.2. The lowest BCUT2D eigenvalue weighted by molar-refractivity contribution is 0.248. The molecule has 0 bridgehead atoms. The van der Waals surface area contributed by atoms with E-state index < -0.39 is 0 Å². The number of para-hydroxylation sites is 1. The molecule has 86 valence electrons. The molecule has 0 amide bonds. The van der Waals surface area contributed by atoms with Crippen LogP contribution in [0.1, 0.15) is 39.7 Å². The number of ether oxygens (including phenoxy) is 1. The molecule has 0 fully saturated rings. The SMILES string of the molecule is C#CC(CC)Oc1ccccc1C(C)(C)C. The third-order valence-corrected chi connectivity index (χ3v) is 2.52. The number of terminal acetylenes is 1. The maximum absolute atomic E-state index is 5.83. The van der Waals surface area contributed by atoms with Gasteiger partial charge >= 0.3 is 0 Å². The molecule has 0 saturated carbocycles. The van der Waals surface area contributed by atoms with E-state index in [0.717, 1.165) is 12.2 Å². The lowest BCUT2D eigenvalue weighted by Crippen LogP contribution is -2.18. The van der Waals surface area contributed by atoms with Crippen molar-refractivity contribution >= 4 is 0 Å². The van der Waals surface area contributed by atoms with Crippen molar-refractivity contribution in [3.05, 3.63) is 29.8 Å². The molecule has 0 saturated heterocycles. The first-order valence-corrected chi connectivity index (χ1v) is 5.71. The molecule has 16 heavy (non-hydrogen) atoms. The third kappa shape index (κ3) is 3.03. The van der Waals surface area contributed by atoms with E-state index in [1.54, 1.807) is 0 Å². The van der Waals surface area contributed by atoms with Crippen LogP contribution in [0, 0.1) is 12.3 Å². The molecular weight excluding hydrogens is 196 g/mol. The minimum atomic E-state index is -0.136. The van der Waals surface area contributed by atoms with Crippen molar-refractivity contribution in [3.63, 3.8) is 0 Å². The van der Waals surface area contributed by atoms with Gasteiger partial charge in [-0.2, -0.15) is 0 Å². The van der Waals surface area contributed by atoms with Crippen LogP contribution in [-0.4, -0.2) is 6.10 Å². The van der Waals surface area contributed by atoms with Gasteiger partial charge in [0.1, 0.15) is 5.75 Å². The van der Waals surface area contributed by atoms with Gasteiger partial charge in [-0.1, -0.05) is 51.8 Å². The summed E-state index contributed by atoms with van der Waals surface area (Å²) in [4.78, 5) is 0. The highest BCUT2D eigenvalue weighted by molar-refractivity contribution is 5.38. The molecule has 0 aromatic heterocycles. The molecule has 1 aromatic carbocycles. The fraction of sp³-hybridized carbons (Fsp3) is 0.467. The van der Waals surface area contributed by atoms with Crippen LogP contribution in [0.3, 0.4) is 0 Å². The molecule has 1 atom stereocenters. The molecule has 0 aliphatic heterocycles. The molecule has 1 aromatic rings. The van der Waals surface area contributed by atoms with Gasteiger partial charge in [-0.15, -0.1) is 6.42 Å². The van der Waals surface area contributed by atoms with Crippen molar-refractivity contribution in [2.75, 3.05) is 0 Å². The van der Waals surface area contributed by atoms with Crippen LogP contribution < -0.4 is 4.74 Å². The molecule has 0 aliphatic rings. The lowest BCUT2D eigenvalue weighted by Gasteiger charge is -2.24. The zero-order valence-electron chi connectivity index (χ0n) is 10.6. The van der Waals surface area contributed by atoms with Crippen LogP contribution >= 0.6 is 0 Å². The molecule has 1 nitrogen and oxygen atoms in total. The molecule has 0 N–H and O–H groups in total. The number of hydrogen-bond donors (Lipinski definition) is 0. The van der Waals surface area contributed by atoms with Crippen LogP contribution in [0.5, 0.6) is 5.75 Å². The van der Waals surface area contributed by atoms with Crippen LogP contribution in [0.2, 0.25) is 0 Å². The minimum Gasteiger partial charge on any atom is -0.477 e. The van der Waals surface area contributed by atoms with E-state index in [2.05, 4.69) is 32.8 Å². The summed E-state index contributed by atoms with van der Waals surface area (Å²) in [5.41, 5.74) is 1.27. The Morgan fingerprint density at radius 2 is 1.94 bits per heavy atom. The number of benzene rings is 1. The predicted molar refractivity (Wildman–Crippen MR) is 68.7 cm³/mol. The van der Waals surface area contributed by atoms with E-state index >= 15 is 0 Å². The maximum Gasteiger partial charge on any atom is 0.158 e. The minimum absolute atomic E-state index is 0.0729. The molecule has 0 aliphatic carbocycles. The fourth-order valence-electron chi connectivity index (χ4n) is 1.58. The maximum atomic E-state index is 5.83. The molecule has 1 heteroatoms. The molecule has 1 unspecified atom stereocenters. The normalized spacial score (nSPS) is 12.9. The summed E-state index contributed by atoms with van der Waals surface area (Å²) in [5, 5.41) is 0. The summed E-state index contributed by atoms with van der Waals surface area (Å²) < 4.78 is 5.83. The van der Waals surface area contributed by atoms with Crippen molar-refractivity contribution in [2.45, 2.75) is 45.6 Å². The van der Waals surface area contributed by atoms with E-state index in [-0.39, 0.29) is 11.5 Å². The first-order chi connectivity index (χ1) is 7.49. The van der Waals surface area contributed by atoms with Gasteiger partial charge in [0.25, 0.3) is 0 Å². The van der Waals surface area contributed by atoms with Gasteiger partial charge in [0, 0.05) is 0 Å². The lowest BCUT2D eigenvalue weighted by atomic mass is 9.86. The Bertz CT molecular complexity index is 379. The second-order valence-corrected chi connectivity index (χ2v) is 4.93. The Morgan fingerprint density at radius 1 is 1.31 bits per heavy atom. The highest BCUT2D eigenvalue weighted by Crippen LogP contribution is 2.31. The quantitative estimate of drug-likeness (QED) is 0.699. The first kappa shape index (κ1) is 12.6. The fourth-order valence-corrected chi connectivity index (χ4v) is 1.58. The Morgan fingerprint density at radius 3 is 2.44 bits per heavy atom. The van der Waals surface area contributed by atoms with Gasteiger partial charge in [-0.05, 0) is 23.5 Å². The van der Waals surface area contributed by atoms with Gasteiger partial charge < -0.3 is 4.74 Å². The summed E-state index contributed by atoms with van der Waals surface area (Å²) in [5.74, 6) is 3.56. The van der Waals surface area contributed by atoms with Crippen molar-refractivity contribution in [2.24, 2.45) is 0 Å². The van der Waals surface area contributed by atoms with E-state index in [1.807, 2.05) is 25.1 Å². The standard InChI is InChI=1S/C15H20O/c1-6-12(7-2)16-14-11-9-8-10-13(14)15(3,4)5/h1,8-12H,7H2,2-5H3. The van der Waals surface area contributed by atoms with Crippen molar-refractivity contribution in [1.29, 1.82) is 0 Å². The Hall–Kier alpha value is -1.42. The molecule has 0 heterocycles. The van der Waals surface area contributed by atoms with Crippen molar-refractivity contribution in [3.8, 4) is 18.1 Å². The summed E-state index contributed by atoms with van der Waals surface area (Å²) >= 11 is 0. The van der Waals surface area contributed by atoms with Gasteiger partial charge in [-0.3, -0.25) is 0 Å². The van der Waals surface area contributed by atoms with Gasteiger partial charge in [0.05, 0.1) is 0 Å². The van der Waals surface area contributed by atoms with Crippen molar-refractivity contribution in [1.82, 2.24) is 0 Å². The van der Waals surface area contributed by atoms with Crippen LogP contribution in [-0.2, 0) is 5.41 Å². The average molecular weight is 216 g/mol. The smallest absolute Gasteiger partial charge is 0.158 e. The third-order valence-electron chi connectivity index (χ3n) is 2.52. The van der Waals surface area contributed by atoms with E-state index in [0.29, 0.717) is 0 Å². The highest BCUT2D eigenvalue weighted by Gasteiger charge is 2.19. The predicted octanol–water partition coefficient (Wildman–Crippen LogP) is 3.77. The first-order valence-electron chi connectivity index (χ1n) is 5.71. The largest absolute Gasteiger partial charge is 0.477 e. The van der Waals surface area contributed by atoms with Crippen LogP contribution in [0.15, 0.2) is 24.3 Å². The van der Waals surface area contributed by atoms with Gasteiger partial charge in [-0.25, -0.2) is 0 Å². The molecular formula is C15H20O. The van der Waals surface area contributed by atoms with Crippen molar-refractivity contribution < 1.29 is 4.74 Å². The number of hydrogen-bond acceptors (Lipinski definition) is 1. The van der Waals surface area contributed by atoms with E-state index in [1.165, 1.54) is 5.56 Å².